The molecule has 6 rings (SSSR count). The van der Waals surface area contributed by atoms with Gasteiger partial charge in [0.25, 0.3) is 0 Å². The van der Waals surface area contributed by atoms with Crippen LogP contribution in [0.25, 0.3) is 0 Å². The number of hydrogen-bond donors (Lipinski definition) is 0. The van der Waals surface area contributed by atoms with Crippen molar-refractivity contribution in [3.63, 3.8) is 0 Å². The van der Waals surface area contributed by atoms with Gasteiger partial charge >= 0.3 is 0 Å². The SMILES string of the molecule is COC1C(c2ccccc2)C2CC(C)C([Si](C)(C)C3C(C)CC4C(c5cc(C(C)(C)C)cc(C(C)(C)C)c5)CCC(C)C43)C2CC1C(C)(C)C. The van der Waals surface area contributed by atoms with Crippen LogP contribution in [0.5, 0.6) is 0 Å². The van der Waals surface area contributed by atoms with Crippen molar-refractivity contribution in [1.82, 2.24) is 0 Å². The molecule has 13 atom stereocenters. The fourth-order valence-electron chi connectivity index (χ4n) is 13.7. The number of rotatable bonds is 5. The zero-order valence-corrected chi connectivity index (χ0v) is 36.1. The predicted molar refractivity (Wildman–Crippen MR) is 219 cm³/mol. The zero-order valence-electron chi connectivity index (χ0n) is 35.1. The third kappa shape index (κ3) is 6.78. The second-order valence-electron chi connectivity index (χ2n) is 22.2. The summed E-state index contributed by atoms with van der Waals surface area (Å²) in [4.78, 5) is 0. The van der Waals surface area contributed by atoms with E-state index in [-0.39, 0.29) is 16.2 Å². The van der Waals surface area contributed by atoms with Crippen LogP contribution in [-0.2, 0) is 15.6 Å². The molecule has 4 aliphatic carbocycles. The molecule has 4 saturated carbocycles. The molecular weight excluding hydrogens is 621 g/mol. The van der Waals surface area contributed by atoms with Crippen molar-refractivity contribution < 1.29 is 4.74 Å². The molecular formula is C48H76OSi. The normalized spacial score (nSPS) is 38.2. The van der Waals surface area contributed by atoms with Crippen molar-refractivity contribution in [2.45, 2.75) is 168 Å². The summed E-state index contributed by atoms with van der Waals surface area (Å²) in [6.45, 7) is 35.8. The molecule has 13 unspecified atom stereocenters. The highest BCUT2D eigenvalue weighted by molar-refractivity contribution is 6.80. The van der Waals surface area contributed by atoms with E-state index in [1.165, 1.54) is 48.8 Å². The van der Waals surface area contributed by atoms with Crippen molar-refractivity contribution in [2.24, 2.45) is 52.8 Å². The molecule has 0 N–H and O–H groups in total. The van der Waals surface area contributed by atoms with Gasteiger partial charge in [0.05, 0.1) is 14.2 Å². The Morgan fingerprint density at radius 2 is 1.18 bits per heavy atom. The summed E-state index contributed by atoms with van der Waals surface area (Å²) in [5.41, 5.74) is 8.62. The van der Waals surface area contributed by atoms with Crippen LogP contribution in [0.4, 0.5) is 0 Å². The lowest BCUT2D eigenvalue weighted by molar-refractivity contribution is -0.0689. The van der Waals surface area contributed by atoms with Gasteiger partial charge in [0.2, 0.25) is 0 Å². The van der Waals surface area contributed by atoms with E-state index < -0.39 is 8.07 Å². The average molecular weight is 697 g/mol. The Morgan fingerprint density at radius 3 is 1.72 bits per heavy atom. The molecule has 0 heterocycles. The van der Waals surface area contributed by atoms with Gasteiger partial charge < -0.3 is 4.74 Å². The van der Waals surface area contributed by atoms with Gasteiger partial charge in [0.1, 0.15) is 0 Å². The largest absolute Gasteiger partial charge is 0.381 e. The molecule has 0 bridgehead atoms. The van der Waals surface area contributed by atoms with Crippen LogP contribution in [0.1, 0.15) is 149 Å². The number of hydrogen-bond acceptors (Lipinski definition) is 1. The van der Waals surface area contributed by atoms with E-state index in [1.807, 2.05) is 7.11 Å². The molecule has 4 aliphatic rings. The lowest BCUT2D eigenvalue weighted by Gasteiger charge is -2.54. The van der Waals surface area contributed by atoms with Crippen LogP contribution in [0.3, 0.4) is 0 Å². The molecule has 278 valence electrons. The molecule has 2 aromatic carbocycles. The van der Waals surface area contributed by atoms with Crippen LogP contribution in [0.15, 0.2) is 48.5 Å². The van der Waals surface area contributed by atoms with Crippen LogP contribution in [0, 0.1) is 52.8 Å². The van der Waals surface area contributed by atoms with Crippen molar-refractivity contribution in [2.75, 3.05) is 7.11 Å². The molecule has 0 amide bonds. The maximum atomic E-state index is 6.59. The summed E-state index contributed by atoms with van der Waals surface area (Å²) in [5, 5.41) is 0. The maximum absolute atomic E-state index is 6.59. The molecule has 0 spiro atoms. The first-order valence-electron chi connectivity index (χ1n) is 20.9. The third-order valence-corrected chi connectivity index (χ3v) is 21.1. The average Bonchev–Trinajstić information content (AvgIpc) is 3.56. The van der Waals surface area contributed by atoms with Gasteiger partial charge in [-0.05, 0) is 135 Å². The number of fused-ring (bicyclic) bond motifs is 2. The van der Waals surface area contributed by atoms with Gasteiger partial charge in [-0.25, -0.2) is 0 Å². The fraction of sp³-hybridized carbons (Fsp3) is 0.750. The lowest BCUT2D eigenvalue weighted by atomic mass is 9.59. The van der Waals surface area contributed by atoms with Crippen molar-refractivity contribution >= 4 is 8.07 Å². The Hall–Kier alpha value is -1.38. The molecule has 0 aromatic heterocycles. The standard InChI is InChI=1S/C48H76OSi/c1-29-21-22-36(33-25-34(46(4,5)6)27-35(26-33)47(7,8)9)37-24-31(3)45(41(29)37)50(14,15)44-30(2)23-38-39(44)28-40(48(10,11)12)43(49-13)42(38)32-19-17-16-18-20-32/h16-20,25-27,29-31,36-45H,21-24,28H2,1-15H3. The number of benzene rings is 2. The minimum absolute atomic E-state index is 0.164. The van der Waals surface area contributed by atoms with Gasteiger partial charge in [0, 0.05) is 13.0 Å². The summed E-state index contributed by atoms with van der Waals surface area (Å²) in [6.07, 6.45) is 7.23. The van der Waals surface area contributed by atoms with Crippen molar-refractivity contribution in [3.8, 4) is 0 Å². The lowest BCUT2D eigenvalue weighted by Crippen LogP contribution is -2.51. The number of methoxy groups -OCH3 is 1. The van der Waals surface area contributed by atoms with Gasteiger partial charge in [-0.2, -0.15) is 0 Å². The van der Waals surface area contributed by atoms with Crippen LogP contribution >= 0.6 is 0 Å². The van der Waals surface area contributed by atoms with Gasteiger partial charge in [0.15, 0.2) is 0 Å². The van der Waals surface area contributed by atoms with E-state index in [4.69, 9.17) is 4.74 Å². The Kier molecular flexibility index (Phi) is 10.3. The van der Waals surface area contributed by atoms with Gasteiger partial charge in [-0.15, -0.1) is 0 Å². The Labute approximate surface area is 310 Å². The molecule has 0 aliphatic heterocycles. The summed E-state index contributed by atoms with van der Waals surface area (Å²) in [7, 11) is 0.285. The molecule has 4 fully saturated rings. The molecule has 2 aromatic rings. The second-order valence-corrected chi connectivity index (χ2v) is 27.2. The zero-order chi connectivity index (χ0) is 36.7. The molecule has 0 saturated heterocycles. The van der Waals surface area contributed by atoms with Crippen LogP contribution in [0.2, 0.25) is 24.2 Å². The highest BCUT2D eigenvalue weighted by Gasteiger charge is 2.63. The summed E-state index contributed by atoms with van der Waals surface area (Å²) >= 11 is 0. The van der Waals surface area contributed by atoms with E-state index in [2.05, 4.69) is 145 Å². The minimum Gasteiger partial charge on any atom is -0.381 e. The first-order valence-corrected chi connectivity index (χ1v) is 24.0. The van der Waals surface area contributed by atoms with Crippen molar-refractivity contribution in [1.29, 1.82) is 0 Å². The highest BCUT2D eigenvalue weighted by atomic mass is 28.3. The molecule has 1 nitrogen and oxygen atoms in total. The smallest absolute Gasteiger partial charge is 0.0675 e. The predicted octanol–water partition coefficient (Wildman–Crippen LogP) is 13.7. The summed E-state index contributed by atoms with van der Waals surface area (Å²) < 4.78 is 6.59. The maximum Gasteiger partial charge on any atom is 0.0675 e. The highest BCUT2D eigenvalue weighted by Crippen LogP contribution is 2.69. The summed E-state index contributed by atoms with van der Waals surface area (Å²) in [5.74, 6) is 7.48. The van der Waals surface area contributed by atoms with Crippen LogP contribution in [-0.4, -0.2) is 21.3 Å². The number of ether oxygens (including phenoxy) is 1. The van der Waals surface area contributed by atoms with E-state index in [1.54, 1.807) is 5.56 Å². The quantitative estimate of drug-likeness (QED) is 0.283. The minimum atomic E-state index is -1.73. The summed E-state index contributed by atoms with van der Waals surface area (Å²) in [6, 6.07) is 19.4. The van der Waals surface area contributed by atoms with Crippen molar-refractivity contribution in [3.05, 3.63) is 70.8 Å². The third-order valence-electron chi connectivity index (χ3n) is 15.7. The van der Waals surface area contributed by atoms with E-state index in [0.717, 1.165) is 52.5 Å². The van der Waals surface area contributed by atoms with E-state index in [9.17, 15) is 0 Å². The Morgan fingerprint density at radius 1 is 0.620 bits per heavy atom. The fourth-order valence-corrected chi connectivity index (χ4v) is 20.4. The topological polar surface area (TPSA) is 9.23 Å². The Balaban J connectivity index is 1.38. The first-order chi connectivity index (χ1) is 23.2. The monoisotopic (exact) mass is 697 g/mol. The van der Waals surface area contributed by atoms with Gasteiger partial charge in [-0.1, -0.05) is 145 Å². The van der Waals surface area contributed by atoms with Crippen LogP contribution < -0.4 is 0 Å². The van der Waals surface area contributed by atoms with E-state index in [0.29, 0.717) is 23.9 Å². The van der Waals surface area contributed by atoms with Gasteiger partial charge in [-0.3, -0.25) is 0 Å². The van der Waals surface area contributed by atoms with E-state index >= 15 is 0 Å². The Bertz CT molecular complexity index is 1440. The second kappa shape index (κ2) is 13.5. The molecule has 2 heteroatoms. The first kappa shape index (κ1) is 38.3. The molecule has 50 heavy (non-hydrogen) atoms. The molecule has 0 radical (unpaired) electrons.